The summed E-state index contributed by atoms with van der Waals surface area (Å²) < 4.78 is 0. The molecule has 1 aromatic heterocycles. The van der Waals surface area contributed by atoms with Gasteiger partial charge in [-0.1, -0.05) is 13.8 Å². The summed E-state index contributed by atoms with van der Waals surface area (Å²) in [4.78, 5) is 4.51. The van der Waals surface area contributed by atoms with Gasteiger partial charge in [0.15, 0.2) is 0 Å². The Balaban J connectivity index is 2.55. The van der Waals surface area contributed by atoms with E-state index in [1.165, 1.54) is 5.01 Å². The maximum Gasteiger partial charge on any atom is 0.0931 e. The zero-order chi connectivity index (χ0) is 10.6. The summed E-state index contributed by atoms with van der Waals surface area (Å²) in [6.45, 7) is 7.70. The molecule has 0 spiro atoms. The first-order chi connectivity index (χ1) is 6.63. The van der Waals surface area contributed by atoms with E-state index in [1.54, 1.807) is 11.3 Å². The van der Waals surface area contributed by atoms with Gasteiger partial charge >= 0.3 is 0 Å². The molecule has 0 fully saturated rings. The van der Waals surface area contributed by atoms with Crippen molar-refractivity contribution in [3.05, 3.63) is 16.1 Å². The van der Waals surface area contributed by atoms with E-state index in [2.05, 4.69) is 36.5 Å². The van der Waals surface area contributed by atoms with Gasteiger partial charge in [-0.2, -0.15) is 0 Å². The molecule has 0 aliphatic rings. The normalized spacial score (nSPS) is 13.5. The molecule has 0 saturated heterocycles. The highest BCUT2D eigenvalue weighted by atomic mass is 32.1. The molecule has 0 bridgehead atoms. The minimum absolute atomic E-state index is 0.700. The number of thiazole rings is 1. The van der Waals surface area contributed by atoms with Gasteiger partial charge in [-0.3, -0.25) is 0 Å². The number of aromatic nitrogens is 1. The quantitative estimate of drug-likeness (QED) is 0.811. The van der Waals surface area contributed by atoms with Gasteiger partial charge < -0.3 is 5.32 Å². The van der Waals surface area contributed by atoms with Gasteiger partial charge in [-0.25, -0.2) is 4.98 Å². The van der Waals surface area contributed by atoms with Crippen molar-refractivity contribution in [1.29, 1.82) is 0 Å². The average Bonchev–Trinajstić information content (AvgIpc) is 2.50. The van der Waals surface area contributed by atoms with Crippen LogP contribution in [-0.4, -0.2) is 18.6 Å². The van der Waals surface area contributed by atoms with Crippen LogP contribution in [0.2, 0.25) is 0 Å². The maximum atomic E-state index is 4.51. The molecule has 0 amide bonds. The Hall–Kier alpha value is -0.410. The molecule has 14 heavy (non-hydrogen) atoms. The topological polar surface area (TPSA) is 24.9 Å². The molecule has 0 radical (unpaired) electrons. The molecule has 1 unspecified atom stereocenters. The minimum atomic E-state index is 0.700. The number of hydrogen-bond donors (Lipinski definition) is 1. The lowest BCUT2D eigenvalue weighted by atomic mass is 9.93. The molecule has 0 saturated carbocycles. The fraction of sp³-hybridized carbons (Fsp3) is 0.727. The van der Waals surface area contributed by atoms with E-state index in [9.17, 15) is 0 Å². The first-order valence-corrected chi connectivity index (χ1v) is 6.07. The fourth-order valence-electron chi connectivity index (χ4n) is 1.53. The Bertz CT molecular complexity index is 268. The van der Waals surface area contributed by atoms with Crippen molar-refractivity contribution in [1.82, 2.24) is 10.3 Å². The van der Waals surface area contributed by atoms with Crippen LogP contribution in [0.1, 0.15) is 24.5 Å². The summed E-state index contributed by atoms with van der Waals surface area (Å²) in [5, 5.41) is 6.66. The van der Waals surface area contributed by atoms with Crippen LogP contribution in [0.4, 0.5) is 0 Å². The summed E-state index contributed by atoms with van der Waals surface area (Å²) in [6, 6.07) is 0. The largest absolute Gasteiger partial charge is 0.319 e. The van der Waals surface area contributed by atoms with E-state index in [0.29, 0.717) is 11.8 Å². The summed E-state index contributed by atoms with van der Waals surface area (Å²) in [7, 11) is 2.02. The number of nitrogens with one attached hydrogen (secondary N) is 1. The molecule has 80 valence electrons. The van der Waals surface area contributed by atoms with Crippen LogP contribution in [0, 0.1) is 18.8 Å². The third-order valence-electron chi connectivity index (χ3n) is 2.51. The Morgan fingerprint density at radius 2 is 2.21 bits per heavy atom. The predicted octanol–water partition coefficient (Wildman–Crippen LogP) is 2.49. The zero-order valence-electron chi connectivity index (χ0n) is 9.50. The molecule has 1 heterocycles. The third kappa shape index (κ3) is 3.39. The van der Waals surface area contributed by atoms with Crippen LogP contribution in [0.5, 0.6) is 0 Å². The molecule has 0 aromatic carbocycles. The van der Waals surface area contributed by atoms with Crippen LogP contribution in [0.15, 0.2) is 5.38 Å². The molecule has 1 rings (SSSR count). The van der Waals surface area contributed by atoms with Gasteiger partial charge in [-0.05, 0) is 32.4 Å². The van der Waals surface area contributed by atoms with Crippen LogP contribution in [0.3, 0.4) is 0 Å². The van der Waals surface area contributed by atoms with E-state index >= 15 is 0 Å². The van der Waals surface area contributed by atoms with Crippen molar-refractivity contribution < 1.29 is 0 Å². The molecule has 2 nitrogen and oxygen atoms in total. The van der Waals surface area contributed by atoms with Crippen molar-refractivity contribution in [2.75, 3.05) is 13.6 Å². The second-order valence-electron chi connectivity index (χ2n) is 4.15. The Labute approximate surface area is 90.8 Å². The molecule has 1 N–H and O–H groups in total. The highest BCUT2D eigenvalue weighted by molar-refractivity contribution is 7.09. The van der Waals surface area contributed by atoms with Gasteiger partial charge in [0.2, 0.25) is 0 Å². The monoisotopic (exact) mass is 212 g/mol. The van der Waals surface area contributed by atoms with Crippen molar-refractivity contribution >= 4 is 11.3 Å². The minimum Gasteiger partial charge on any atom is -0.319 e. The summed E-state index contributed by atoms with van der Waals surface area (Å²) in [5.74, 6) is 1.41. The van der Waals surface area contributed by atoms with E-state index < -0.39 is 0 Å². The Morgan fingerprint density at radius 3 is 2.64 bits per heavy atom. The number of rotatable bonds is 5. The average molecular weight is 212 g/mol. The molecule has 0 aliphatic carbocycles. The summed E-state index contributed by atoms with van der Waals surface area (Å²) in [5.41, 5.74) is 1.15. The SMILES string of the molecule is CNCC(Cc1nc(C)cs1)C(C)C. The summed E-state index contributed by atoms with van der Waals surface area (Å²) in [6.07, 6.45) is 1.11. The van der Waals surface area contributed by atoms with Gasteiger partial charge in [0.25, 0.3) is 0 Å². The smallest absolute Gasteiger partial charge is 0.0931 e. The summed E-state index contributed by atoms with van der Waals surface area (Å²) >= 11 is 1.78. The third-order valence-corrected chi connectivity index (χ3v) is 3.50. The van der Waals surface area contributed by atoms with Crippen LogP contribution in [0.25, 0.3) is 0 Å². The predicted molar refractivity (Wildman–Crippen MR) is 62.8 cm³/mol. The second-order valence-corrected chi connectivity index (χ2v) is 5.09. The van der Waals surface area contributed by atoms with E-state index in [-0.39, 0.29) is 0 Å². The van der Waals surface area contributed by atoms with Crippen LogP contribution < -0.4 is 5.32 Å². The van der Waals surface area contributed by atoms with Gasteiger partial charge in [0.05, 0.1) is 5.01 Å². The Kier molecular flexibility index (Phi) is 4.55. The zero-order valence-corrected chi connectivity index (χ0v) is 10.3. The van der Waals surface area contributed by atoms with Crippen molar-refractivity contribution in [3.63, 3.8) is 0 Å². The van der Waals surface area contributed by atoms with E-state index in [4.69, 9.17) is 0 Å². The van der Waals surface area contributed by atoms with Crippen molar-refractivity contribution in [2.24, 2.45) is 11.8 Å². The standard InChI is InChI=1S/C11H20N2S/c1-8(2)10(6-12-4)5-11-13-9(3)7-14-11/h7-8,10,12H,5-6H2,1-4H3. The molecule has 1 atom stereocenters. The lowest BCUT2D eigenvalue weighted by Gasteiger charge is -2.18. The number of nitrogens with zero attached hydrogens (tertiary/aromatic N) is 1. The molecule has 0 aliphatic heterocycles. The lowest BCUT2D eigenvalue weighted by Crippen LogP contribution is -2.25. The number of aryl methyl sites for hydroxylation is 1. The van der Waals surface area contributed by atoms with Gasteiger partial charge in [-0.15, -0.1) is 11.3 Å². The highest BCUT2D eigenvalue weighted by Gasteiger charge is 2.14. The van der Waals surface area contributed by atoms with E-state index in [0.717, 1.165) is 18.7 Å². The number of hydrogen-bond acceptors (Lipinski definition) is 3. The first kappa shape index (κ1) is 11.7. The van der Waals surface area contributed by atoms with E-state index in [1.807, 2.05) is 7.05 Å². The Morgan fingerprint density at radius 1 is 1.50 bits per heavy atom. The molecule has 1 aromatic rings. The van der Waals surface area contributed by atoms with Crippen LogP contribution >= 0.6 is 11.3 Å². The fourth-order valence-corrected chi connectivity index (χ4v) is 2.39. The maximum absolute atomic E-state index is 4.51. The van der Waals surface area contributed by atoms with Gasteiger partial charge in [0, 0.05) is 17.5 Å². The molecule has 3 heteroatoms. The first-order valence-electron chi connectivity index (χ1n) is 5.19. The van der Waals surface area contributed by atoms with Gasteiger partial charge in [0.1, 0.15) is 0 Å². The molecular formula is C11H20N2S. The van der Waals surface area contributed by atoms with Crippen LogP contribution in [-0.2, 0) is 6.42 Å². The highest BCUT2D eigenvalue weighted by Crippen LogP contribution is 2.19. The van der Waals surface area contributed by atoms with Crippen molar-refractivity contribution in [2.45, 2.75) is 27.2 Å². The molecular weight excluding hydrogens is 192 g/mol. The lowest BCUT2D eigenvalue weighted by molar-refractivity contribution is 0.370. The second kappa shape index (κ2) is 5.47. The van der Waals surface area contributed by atoms with Crippen molar-refractivity contribution in [3.8, 4) is 0 Å².